The molecule has 5 heterocycles. The van der Waals surface area contributed by atoms with Crippen LogP contribution in [-0.2, 0) is 0 Å². The first-order chi connectivity index (χ1) is 11.9. The Balaban J connectivity index is 1.66. The summed E-state index contributed by atoms with van der Waals surface area (Å²) in [5.41, 5.74) is 5.56. The number of hydrogen-bond acceptors (Lipinski definition) is 5. The van der Waals surface area contributed by atoms with Crippen LogP contribution < -0.4 is 5.32 Å². The Bertz CT molecular complexity index is 1040. The largest absolute Gasteiger partial charge is 0.335 e. The van der Waals surface area contributed by atoms with Crippen LogP contribution in [0.2, 0.25) is 0 Å². The van der Waals surface area contributed by atoms with Crippen LogP contribution in [0.15, 0.2) is 36.7 Å². The number of nitrogens with one attached hydrogen (secondary N) is 3. The molecular weight excluding hydrogens is 302 g/mol. The number of aromatic nitrogens is 6. The van der Waals surface area contributed by atoms with Gasteiger partial charge in [0.1, 0.15) is 5.69 Å². The van der Waals surface area contributed by atoms with Crippen LogP contribution in [-0.4, -0.2) is 43.2 Å². The van der Waals surface area contributed by atoms with E-state index in [0.717, 1.165) is 47.3 Å². The maximum atomic E-state index is 4.57. The molecule has 0 radical (unpaired) electrons. The van der Waals surface area contributed by atoms with Gasteiger partial charge in [0.05, 0.1) is 22.9 Å². The van der Waals surface area contributed by atoms with Gasteiger partial charge < -0.3 is 10.3 Å². The average Bonchev–Trinajstić information content (AvgIpc) is 3.25. The molecule has 5 rings (SSSR count). The summed E-state index contributed by atoms with van der Waals surface area (Å²) >= 11 is 0. The number of fused-ring (bicyclic) bond motifs is 2. The van der Waals surface area contributed by atoms with Crippen molar-refractivity contribution in [2.75, 3.05) is 13.1 Å². The van der Waals surface area contributed by atoms with E-state index in [4.69, 9.17) is 0 Å². The van der Waals surface area contributed by atoms with E-state index in [-0.39, 0.29) is 0 Å². The molecule has 3 N–H and O–H groups in total. The molecule has 0 amide bonds. The molecule has 0 saturated heterocycles. The highest BCUT2D eigenvalue weighted by atomic mass is 15.1. The number of aromatic amines is 2. The second kappa shape index (κ2) is 5.24. The number of imidazole rings is 1. The molecule has 0 aliphatic carbocycles. The summed E-state index contributed by atoms with van der Waals surface area (Å²) in [4.78, 5) is 16.7. The van der Waals surface area contributed by atoms with Crippen LogP contribution in [0.3, 0.4) is 0 Å². The molecule has 1 aliphatic heterocycles. The molecule has 0 spiro atoms. The van der Waals surface area contributed by atoms with Gasteiger partial charge in [-0.1, -0.05) is 6.08 Å². The van der Waals surface area contributed by atoms with Crippen molar-refractivity contribution in [3.8, 4) is 11.5 Å². The third-order valence-corrected chi connectivity index (χ3v) is 4.32. The molecule has 24 heavy (non-hydrogen) atoms. The van der Waals surface area contributed by atoms with E-state index >= 15 is 0 Å². The van der Waals surface area contributed by atoms with Crippen LogP contribution in [0.1, 0.15) is 12.1 Å². The Morgan fingerprint density at radius 2 is 2.12 bits per heavy atom. The zero-order valence-corrected chi connectivity index (χ0v) is 12.9. The highest BCUT2D eigenvalue weighted by Gasteiger charge is 2.15. The van der Waals surface area contributed by atoms with E-state index in [1.54, 1.807) is 6.20 Å². The lowest BCUT2D eigenvalue weighted by atomic mass is 10.0. The lowest BCUT2D eigenvalue weighted by molar-refractivity contribution is 0.737. The predicted molar refractivity (Wildman–Crippen MR) is 92.2 cm³/mol. The molecule has 1 aliphatic rings. The molecule has 7 heteroatoms. The summed E-state index contributed by atoms with van der Waals surface area (Å²) in [6.07, 6.45) is 6.76. The third kappa shape index (κ3) is 2.10. The van der Waals surface area contributed by atoms with Crippen LogP contribution >= 0.6 is 0 Å². The number of hydrogen-bond donors (Lipinski definition) is 3. The highest BCUT2D eigenvalue weighted by molar-refractivity contribution is 5.93. The minimum absolute atomic E-state index is 0.694. The summed E-state index contributed by atoms with van der Waals surface area (Å²) in [5, 5.41) is 11.8. The maximum Gasteiger partial charge on any atom is 0.178 e. The van der Waals surface area contributed by atoms with Gasteiger partial charge in [0.15, 0.2) is 11.5 Å². The Morgan fingerprint density at radius 3 is 3.00 bits per heavy atom. The summed E-state index contributed by atoms with van der Waals surface area (Å²) in [5.74, 6) is 0.714. The number of pyridine rings is 2. The summed E-state index contributed by atoms with van der Waals surface area (Å²) in [6, 6.07) is 5.94. The van der Waals surface area contributed by atoms with E-state index in [1.165, 1.54) is 5.57 Å². The fourth-order valence-electron chi connectivity index (χ4n) is 3.09. The minimum atomic E-state index is 0.694. The Kier molecular flexibility index (Phi) is 2.92. The van der Waals surface area contributed by atoms with Crippen molar-refractivity contribution in [3.05, 3.63) is 42.4 Å². The number of nitrogens with zero attached hydrogens (tertiary/aromatic N) is 4. The first-order valence-electron chi connectivity index (χ1n) is 7.94. The van der Waals surface area contributed by atoms with Crippen LogP contribution in [0.5, 0.6) is 0 Å². The van der Waals surface area contributed by atoms with Gasteiger partial charge in [0.25, 0.3) is 0 Å². The standard InChI is InChI=1S/C17H15N7/c1-2-12-16(19-5-1)22-17(21-12)15-11-8-13(10-3-6-18-7-4-10)20-9-14(11)23-24-15/h1-3,5,8-9,18H,4,6-7H2,(H,23,24)(H,19,21,22). The van der Waals surface area contributed by atoms with Gasteiger partial charge in [-0.3, -0.25) is 10.1 Å². The molecule has 0 fully saturated rings. The highest BCUT2D eigenvalue weighted by Crippen LogP contribution is 2.28. The van der Waals surface area contributed by atoms with Crippen molar-refractivity contribution in [2.24, 2.45) is 0 Å². The smallest absolute Gasteiger partial charge is 0.178 e. The molecule has 4 aromatic rings. The maximum absolute atomic E-state index is 4.57. The van der Waals surface area contributed by atoms with Crippen LogP contribution in [0.4, 0.5) is 0 Å². The molecule has 4 aromatic heterocycles. The molecule has 7 nitrogen and oxygen atoms in total. The fraction of sp³-hybridized carbons (Fsp3) is 0.176. The van der Waals surface area contributed by atoms with Gasteiger partial charge in [0, 0.05) is 18.1 Å². The van der Waals surface area contributed by atoms with Crippen molar-refractivity contribution in [1.29, 1.82) is 0 Å². The van der Waals surface area contributed by atoms with Crippen LogP contribution in [0.25, 0.3) is 39.2 Å². The van der Waals surface area contributed by atoms with E-state index < -0.39 is 0 Å². The summed E-state index contributed by atoms with van der Waals surface area (Å²) in [7, 11) is 0. The topological polar surface area (TPSA) is 95.2 Å². The van der Waals surface area contributed by atoms with Gasteiger partial charge in [-0.2, -0.15) is 5.10 Å². The van der Waals surface area contributed by atoms with E-state index in [9.17, 15) is 0 Å². The molecular formula is C17H15N7. The molecule has 0 bridgehead atoms. The normalized spacial score (nSPS) is 15.1. The molecule has 0 atom stereocenters. The Hall–Kier alpha value is -3.06. The Morgan fingerprint density at radius 1 is 1.12 bits per heavy atom. The molecule has 0 aromatic carbocycles. The summed E-state index contributed by atoms with van der Waals surface area (Å²) < 4.78 is 0. The van der Waals surface area contributed by atoms with E-state index in [1.807, 2.05) is 18.3 Å². The molecule has 118 valence electrons. The third-order valence-electron chi connectivity index (χ3n) is 4.32. The quantitative estimate of drug-likeness (QED) is 0.527. The second-order valence-electron chi connectivity index (χ2n) is 5.83. The lowest BCUT2D eigenvalue weighted by Gasteiger charge is -2.13. The molecule has 0 saturated carbocycles. The number of rotatable bonds is 2. The van der Waals surface area contributed by atoms with Gasteiger partial charge in [-0.25, -0.2) is 9.97 Å². The van der Waals surface area contributed by atoms with Gasteiger partial charge in [-0.05, 0) is 36.7 Å². The van der Waals surface area contributed by atoms with Crippen molar-refractivity contribution >= 4 is 27.6 Å². The molecule has 0 unspecified atom stereocenters. The van der Waals surface area contributed by atoms with Crippen molar-refractivity contribution in [2.45, 2.75) is 6.42 Å². The van der Waals surface area contributed by atoms with Crippen molar-refractivity contribution in [3.63, 3.8) is 0 Å². The zero-order chi connectivity index (χ0) is 15.9. The number of H-pyrrole nitrogens is 2. The van der Waals surface area contributed by atoms with Gasteiger partial charge >= 0.3 is 0 Å². The van der Waals surface area contributed by atoms with Crippen molar-refractivity contribution < 1.29 is 0 Å². The Labute approximate surface area is 137 Å². The predicted octanol–water partition coefficient (Wildman–Crippen LogP) is 2.27. The average molecular weight is 317 g/mol. The first-order valence-corrected chi connectivity index (χ1v) is 7.94. The monoisotopic (exact) mass is 317 g/mol. The SMILES string of the molecule is C1=C(c2cc3c(-c4nc5ncccc5[nH]4)n[nH]c3cn2)CCNC1. The summed E-state index contributed by atoms with van der Waals surface area (Å²) in [6.45, 7) is 1.88. The van der Waals surface area contributed by atoms with E-state index in [2.05, 4.69) is 47.6 Å². The minimum Gasteiger partial charge on any atom is -0.335 e. The van der Waals surface area contributed by atoms with Gasteiger partial charge in [-0.15, -0.1) is 0 Å². The second-order valence-corrected chi connectivity index (χ2v) is 5.83. The van der Waals surface area contributed by atoms with Gasteiger partial charge in [0.2, 0.25) is 0 Å². The fourth-order valence-corrected chi connectivity index (χ4v) is 3.09. The van der Waals surface area contributed by atoms with Crippen LogP contribution in [0, 0.1) is 0 Å². The lowest BCUT2D eigenvalue weighted by Crippen LogP contribution is -2.20. The van der Waals surface area contributed by atoms with E-state index in [0.29, 0.717) is 11.5 Å². The zero-order valence-electron chi connectivity index (χ0n) is 12.9. The van der Waals surface area contributed by atoms with Crippen molar-refractivity contribution in [1.82, 2.24) is 35.5 Å². The first kappa shape index (κ1) is 13.4.